The summed E-state index contributed by atoms with van der Waals surface area (Å²) in [6.45, 7) is 3.31. The van der Waals surface area contributed by atoms with Crippen LogP contribution in [0.1, 0.15) is 23.1 Å². The van der Waals surface area contributed by atoms with E-state index in [1.54, 1.807) is 24.4 Å². The van der Waals surface area contributed by atoms with Crippen LogP contribution in [0, 0.1) is 6.92 Å². The van der Waals surface area contributed by atoms with E-state index in [1.807, 2.05) is 6.92 Å². The maximum Gasteiger partial charge on any atom is 0.178 e. The Balaban J connectivity index is 2.57. The highest BCUT2D eigenvalue weighted by atomic mass is 16.5. The van der Waals surface area contributed by atoms with Crippen LogP contribution >= 0.6 is 0 Å². The highest BCUT2D eigenvalue weighted by molar-refractivity contribution is 5.98. The minimum atomic E-state index is -0.0837. The zero-order chi connectivity index (χ0) is 10.8. The Morgan fingerprint density at radius 3 is 2.87 bits per heavy atom. The first kappa shape index (κ1) is 9.58. The van der Waals surface area contributed by atoms with Gasteiger partial charge in [-0.3, -0.25) is 9.78 Å². The van der Waals surface area contributed by atoms with Crippen molar-refractivity contribution in [3.63, 3.8) is 0 Å². The number of rotatable bonds is 2. The molecule has 0 aliphatic rings. The van der Waals surface area contributed by atoms with E-state index in [4.69, 9.17) is 4.52 Å². The summed E-state index contributed by atoms with van der Waals surface area (Å²) in [5, 5.41) is 3.78. The topological polar surface area (TPSA) is 56.0 Å². The summed E-state index contributed by atoms with van der Waals surface area (Å²) in [5.41, 5.74) is 1.88. The summed E-state index contributed by atoms with van der Waals surface area (Å²) in [6, 6.07) is 5.34. The van der Waals surface area contributed by atoms with Crippen molar-refractivity contribution in [3.05, 3.63) is 35.8 Å². The van der Waals surface area contributed by atoms with Crippen LogP contribution in [0.15, 0.2) is 28.9 Å². The van der Waals surface area contributed by atoms with Gasteiger partial charge in [-0.25, -0.2) is 0 Å². The van der Waals surface area contributed by atoms with E-state index >= 15 is 0 Å². The molecule has 0 aliphatic heterocycles. The van der Waals surface area contributed by atoms with Crippen LogP contribution in [-0.2, 0) is 0 Å². The molecule has 2 rings (SSSR count). The monoisotopic (exact) mass is 202 g/mol. The quantitative estimate of drug-likeness (QED) is 0.701. The summed E-state index contributed by atoms with van der Waals surface area (Å²) in [5.74, 6) is 0.491. The molecule has 0 spiro atoms. The maximum atomic E-state index is 11.3. The molecule has 0 amide bonds. The van der Waals surface area contributed by atoms with Gasteiger partial charge in [0.25, 0.3) is 0 Å². The fourth-order valence-corrected chi connectivity index (χ4v) is 1.38. The minimum Gasteiger partial charge on any atom is -0.356 e. The van der Waals surface area contributed by atoms with E-state index in [0.717, 1.165) is 5.69 Å². The molecular formula is C11H10N2O2. The summed E-state index contributed by atoms with van der Waals surface area (Å²) in [6.07, 6.45) is 1.59. The van der Waals surface area contributed by atoms with Gasteiger partial charge in [-0.15, -0.1) is 0 Å². The Hall–Kier alpha value is -1.97. The van der Waals surface area contributed by atoms with Crippen LogP contribution in [0.25, 0.3) is 11.3 Å². The van der Waals surface area contributed by atoms with Crippen LogP contribution in [-0.4, -0.2) is 15.9 Å². The summed E-state index contributed by atoms with van der Waals surface area (Å²) in [7, 11) is 0. The molecule has 0 bridgehead atoms. The van der Waals surface area contributed by atoms with Crippen LogP contribution in [0.5, 0.6) is 0 Å². The smallest absolute Gasteiger partial charge is 0.178 e. The van der Waals surface area contributed by atoms with Gasteiger partial charge in [0.15, 0.2) is 11.5 Å². The third-order valence-electron chi connectivity index (χ3n) is 2.03. The van der Waals surface area contributed by atoms with Gasteiger partial charge in [-0.2, -0.15) is 0 Å². The number of hydrogen-bond acceptors (Lipinski definition) is 4. The normalized spacial score (nSPS) is 10.3. The lowest BCUT2D eigenvalue weighted by Gasteiger charge is -2.00. The van der Waals surface area contributed by atoms with Crippen LogP contribution < -0.4 is 0 Å². The Morgan fingerprint density at radius 2 is 2.27 bits per heavy atom. The molecule has 0 N–H and O–H groups in total. The molecule has 2 heterocycles. The third kappa shape index (κ3) is 1.79. The number of hydrogen-bond donors (Lipinski definition) is 0. The number of ketones is 1. The standard InChI is InChI=1S/C11H10N2O2/c1-7-6-10(15-13-7)9-4-3-5-12-11(9)8(2)14/h3-6H,1-2H3. The average molecular weight is 202 g/mol. The van der Waals surface area contributed by atoms with E-state index in [-0.39, 0.29) is 5.78 Å². The van der Waals surface area contributed by atoms with Crippen molar-refractivity contribution in [2.45, 2.75) is 13.8 Å². The lowest BCUT2D eigenvalue weighted by molar-refractivity contribution is 0.101. The van der Waals surface area contributed by atoms with E-state index in [1.165, 1.54) is 6.92 Å². The highest BCUT2D eigenvalue weighted by Gasteiger charge is 2.13. The fraction of sp³-hybridized carbons (Fsp3) is 0.182. The zero-order valence-electron chi connectivity index (χ0n) is 8.52. The number of pyridine rings is 1. The first-order valence-electron chi connectivity index (χ1n) is 4.58. The maximum absolute atomic E-state index is 11.3. The molecule has 4 nitrogen and oxygen atoms in total. The summed E-state index contributed by atoms with van der Waals surface area (Å²) in [4.78, 5) is 15.3. The number of nitrogens with zero attached hydrogens (tertiary/aromatic N) is 2. The summed E-state index contributed by atoms with van der Waals surface area (Å²) >= 11 is 0. The fourth-order valence-electron chi connectivity index (χ4n) is 1.38. The molecule has 0 saturated heterocycles. The van der Waals surface area contributed by atoms with Crippen LogP contribution in [0.2, 0.25) is 0 Å². The Morgan fingerprint density at radius 1 is 1.47 bits per heavy atom. The largest absolute Gasteiger partial charge is 0.356 e. The van der Waals surface area contributed by atoms with Gasteiger partial charge in [0.1, 0.15) is 5.69 Å². The third-order valence-corrected chi connectivity index (χ3v) is 2.03. The second-order valence-corrected chi connectivity index (χ2v) is 3.29. The van der Waals surface area contributed by atoms with Crippen molar-refractivity contribution in [2.24, 2.45) is 0 Å². The first-order valence-corrected chi connectivity index (χ1v) is 4.58. The van der Waals surface area contributed by atoms with Gasteiger partial charge in [0.05, 0.1) is 5.69 Å². The van der Waals surface area contributed by atoms with Gasteiger partial charge in [-0.05, 0) is 19.1 Å². The van der Waals surface area contributed by atoms with Crippen molar-refractivity contribution in [1.29, 1.82) is 0 Å². The van der Waals surface area contributed by atoms with Crippen LogP contribution in [0.4, 0.5) is 0 Å². The number of Topliss-reactive ketones (excluding diaryl/α,β-unsaturated/α-hetero) is 1. The number of carbonyl (C=O) groups excluding carboxylic acids is 1. The highest BCUT2D eigenvalue weighted by Crippen LogP contribution is 2.22. The molecule has 0 aromatic carbocycles. The Labute approximate surface area is 86.9 Å². The minimum absolute atomic E-state index is 0.0837. The SMILES string of the molecule is CC(=O)c1ncccc1-c1cc(C)no1. The number of carbonyl (C=O) groups is 1. The second-order valence-electron chi connectivity index (χ2n) is 3.29. The van der Waals surface area contributed by atoms with E-state index in [0.29, 0.717) is 17.0 Å². The number of aromatic nitrogens is 2. The Kier molecular flexibility index (Phi) is 2.33. The van der Waals surface area contributed by atoms with Crippen molar-refractivity contribution < 1.29 is 9.32 Å². The summed E-state index contributed by atoms with van der Waals surface area (Å²) < 4.78 is 5.10. The molecule has 0 fully saturated rings. The first-order chi connectivity index (χ1) is 7.18. The van der Waals surface area contributed by atoms with Gasteiger partial charge in [0, 0.05) is 24.8 Å². The molecule has 0 saturated carbocycles. The molecule has 0 radical (unpaired) electrons. The van der Waals surface area contributed by atoms with Crippen molar-refractivity contribution >= 4 is 5.78 Å². The average Bonchev–Trinajstić information content (AvgIpc) is 2.65. The lowest BCUT2D eigenvalue weighted by atomic mass is 10.1. The molecule has 4 heteroatoms. The Bertz CT molecular complexity index is 503. The van der Waals surface area contributed by atoms with E-state index in [9.17, 15) is 4.79 Å². The van der Waals surface area contributed by atoms with Crippen LogP contribution in [0.3, 0.4) is 0 Å². The van der Waals surface area contributed by atoms with Gasteiger partial charge >= 0.3 is 0 Å². The van der Waals surface area contributed by atoms with E-state index < -0.39 is 0 Å². The lowest BCUT2D eigenvalue weighted by Crippen LogP contribution is -1.98. The predicted molar refractivity (Wildman–Crippen MR) is 54.5 cm³/mol. The van der Waals surface area contributed by atoms with E-state index in [2.05, 4.69) is 10.1 Å². The molecule has 2 aromatic rings. The molecule has 15 heavy (non-hydrogen) atoms. The molecule has 76 valence electrons. The predicted octanol–water partition coefficient (Wildman–Crippen LogP) is 2.25. The van der Waals surface area contributed by atoms with Crippen molar-refractivity contribution in [3.8, 4) is 11.3 Å². The number of aryl methyl sites for hydroxylation is 1. The van der Waals surface area contributed by atoms with Gasteiger partial charge in [-0.1, -0.05) is 5.16 Å². The van der Waals surface area contributed by atoms with Gasteiger partial charge < -0.3 is 4.52 Å². The molecule has 2 aromatic heterocycles. The zero-order valence-corrected chi connectivity index (χ0v) is 8.52. The van der Waals surface area contributed by atoms with Gasteiger partial charge in [0.2, 0.25) is 0 Å². The molecule has 0 unspecified atom stereocenters. The van der Waals surface area contributed by atoms with Crippen molar-refractivity contribution in [1.82, 2.24) is 10.1 Å². The molecule has 0 atom stereocenters. The van der Waals surface area contributed by atoms with Crippen molar-refractivity contribution in [2.75, 3.05) is 0 Å². The molecule has 0 aliphatic carbocycles. The molecular weight excluding hydrogens is 192 g/mol. The second kappa shape index (κ2) is 3.65.